The largest absolute Gasteiger partial charge is 0.494 e. The van der Waals surface area contributed by atoms with Gasteiger partial charge >= 0.3 is 0 Å². The van der Waals surface area contributed by atoms with Gasteiger partial charge in [-0.2, -0.15) is 0 Å². The van der Waals surface area contributed by atoms with Gasteiger partial charge in [-0.15, -0.1) is 0 Å². The molecule has 0 amide bonds. The van der Waals surface area contributed by atoms with Crippen LogP contribution >= 0.6 is 0 Å². The lowest BCUT2D eigenvalue weighted by atomic mass is 10.2. The zero-order valence-corrected chi connectivity index (χ0v) is 13.8. The third kappa shape index (κ3) is 6.61. The number of ether oxygens (including phenoxy) is 4. The summed E-state index contributed by atoms with van der Waals surface area (Å²) < 4.78 is 22.2. The Labute approximate surface area is 137 Å². The van der Waals surface area contributed by atoms with Crippen LogP contribution in [0.5, 0.6) is 17.2 Å². The second kappa shape index (κ2) is 9.74. The summed E-state index contributed by atoms with van der Waals surface area (Å²) in [7, 11) is 0. The normalized spacial score (nSPS) is 10.3. The van der Waals surface area contributed by atoms with Crippen LogP contribution in [0.1, 0.15) is 12.5 Å². The molecule has 0 unspecified atom stereocenters. The smallest absolute Gasteiger partial charge is 0.123 e. The molecule has 0 saturated heterocycles. The van der Waals surface area contributed by atoms with E-state index in [2.05, 4.69) is 0 Å². The number of benzene rings is 2. The van der Waals surface area contributed by atoms with Gasteiger partial charge in [0.05, 0.1) is 19.8 Å². The molecule has 0 saturated carbocycles. The molecule has 0 aliphatic heterocycles. The van der Waals surface area contributed by atoms with Crippen LogP contribution in [0.2, 0.25) is 0 Å². The Hall–Kier alpha value is -2.20. The van der Waals surface area contributed by atoms with Gasteiger partial charge in [0, 0.05) is 6.07 Å². The van der Waals surface area contributed by atoms with Crippen molar-refractivity contribution < 1.29 is 18.9 Å². The Kier molecular flexibility index (Phi) is 7.27. The highest BCUT2D eigenvalue weighted by Gasteiger charge is 1.98. The van der Waals surface area contributed by atoms with Gasteiger partial charge < -0.3 is 18.9 Å². The predicted molar refractivity (Wildman–Crippen MR) is 90.6 cm³/mol. The monoisotopic (exact) mass is 316 g/mol. The topological polar surface area (TPSA) is 36.9 Å². The fraction of sp³-hybridized carbons (Fsp3) is 0.368. The molecular weight excluding hydrogens is 292 g/mol. The van der Waals surface area contributed by atoms with Crippen LogP contribution < -0.4 is 14.2 Å². The first-order chi connectivity index (χ1) is 11.3. The summed E-state index contributed by atoms with van der Waals surface area (Å²) in [5.41, 5.74) is 1.19. The van der Waals surface area contributed by atoms with Crippen LogP contribution in [-0.4, -0.2) is 33.0 Å². The molecule has 0 aliphatic rings. The molecule has 2 aromatic carbocycles. The van der Waals surface area contributed by atoms with Crippen LogP contribution in [0.25, 0.3) is 0 Å². The molecule has 2 aromatic rings. The van der Waals surface area contributed by atoms with Gasteiger partial charge in [-0.3, -0.25) is 0 Å². The third-order valence-electron chi connectivity index (χ3n) is 3.10. The van der Waals surface area contributed by atoms with E-state index >= 15 is 0 Å². The van der Waals surface area contributed by atoms with E-state index in [-0.39, 0.29) is 0 Å². The Morgan fingerprint density at radius 3 is 1.87 bits per heavy atom. The summed E-state index contributed by atoms with van der Waals surface area (Å²) in [5, 5.41) is 0. The number of hydrogen-bond acceptors (Lipinski definition) is 4. The highest BCUT2D eigenvalue weighted by Crippen LogP contribution is 2.19. The average molecular weight is 316 g/mol. The van der Waals surface area contributed by atoms with E-state index in [0.29, 0.717) is 33.0 Å². The van der Waals surface area contributed by atoms with Crippen LogP contribution in [0.3, 0.4) is 0 Å². The van der Waals surface area contributed by atoms with E-state index in [1.165, 1.54) is 5.56 Å². The first-order valence-electron chi connectivity index (χ1n) is 7.91. The van der Waals surface area contributed by atoms with Gasteiger partial charge in [0.2, 0.25) is 0 Å². The molecule has 0 N–H and O–H groups in total. The highest BCUT2D eigenvalue weighted by atomic mass is 16.5. The summed E-state index contributed by atoms with van der Waals surface area (Å²) in [6.07, 6.45) is 0. The van der Waals surface area contributed by atoms with Crippen LogP contribution in [0, 0.1) is 6.92 Å². The Morgan fingerprint density at radius 2 is 1.26 bits per heavy atom. The van der Waals surface area contributed by atoms with E-state index in [1.807, 2.05) is 62.4 Å². The molecule has 0 bridgehead atoms. The van der Waals surface area contributed by atoms with Crippen molar-refractivity contribution in [2.75, 3.05) is 33.0 Å². The highest BCUT2D eigenvalue weighted by molar-refractivity contribution is 5.32. The van der Waals surface area contributed by atoms with Gasteiger partial charge in [0.25, 0.3) is 0 Å². The van der Waals surface area contributed by atoms with Gasteiger partial charge in [-0.05, 0) is 43.7 Å². The summed E-state index contributed by atoms with van der Waals surface area (Å²) in [6.45, 7) is 6.74. The quantitative estimate of drug-likeness (QED) is 0.624. The molecule has 2 rings (SSSR count). The maximum atomic E-state index is 5.63. The second-order valence-electron chi connectivity index (χ2n) is 5.03. The molecular formula is C19H24O4. The van der Waals surface area contributed by atoms with Gasteiger partial charge in [0.1, 0.15) is 30.5 Å². The minimum Gasteiger partial charge on any atom is -0.494 e. The molecule has 0 radical (unpaired) electrons. The molecule has 23 heavy (non-hydrogen) atoms. The van der Waals surface area contributed by atoms with Crippen molar-refractivity contribution in [3.05, 3.63) is 54.1 Å². The Bertz CT molecular complexity index is 583. The number of hydrogen-bond donors (Lipinski definition) is 0. The molecule has 0 aromatic heterocycles. The summed E-state index contributed by atoms with van der Waals surface area (Å²) in [6, 6.07) is 15.6. The molecule has 0 fully saturated rings. The van der Waals surface area contributed by atoms with Crippen molar-refractivity contribution in [3.63, 3.8) is 0 Å². The van der Waals surface area contributed by atoms with Crippen LogP contribution in [0.15, 0.2) is 48.5 Å². The first kappa shape index (κ1) is 17.2. The van der Waals surface area contributed by atoms with Crippen molar-refractivity contribution in [2.24, 2.45) is 0 Å². The first-order valence-corrected chi connectivity index (χ1v) is 7.91. The minimum atomic E-state index is 0.500. The summed E-state index contributed by atoms with van der Waals surface area (Å²) in [5.74, 6) is 2.48. The molecule has 0 atom stereocenters. The summed E-state index contributed by atoms with van der Waals surface area (Å²) >= 11 is 0. The number of rotatable bonds is 10. The summed E-state index contributed by atoms with van der Waals surface area (Å²) in [4.78, 5) is 0. The number of aryl methyl sites for hydroxylation is 1. The minimum absolute atomic E-state index is 0.500. The van der Waals surface area contributed by atoms with Crippen molar-refractivity contribution in [2.45, 2.75) is 13.8 Å². The zero-order valence-electron chi connectivity index (χ0n) is 13.8. The van der Waals surface area contributed by atoms with E-state index in [4.69, 9.17) is 18.9 Å². The molecule has 4 heteroatoms. The van der Waals surface area contributed by atoms with Crippen molar-refractivity contribution in [1.29, 1.82) is 0 Å². The molecule has 4 nitrogen and oxygen atoms in total. The lowest BCUT2D eigenvalue weighted by Crippen LogP contribution is -2.12. The van der Waals surface area contributed by atoms with Crippen molar-refractivity contribution >= 4 is 0 Å². The lowest BCUT2D eigenvalue weighted by Gasteiger charge is -2.10. The van der Waals surface area contributed by atoms with E-state index in [9.17, 15) is 0 Å². The second-order valence-corrected chi connectivity index (χ2v) is 5.03. The van der Waals surface area contributed by atoms with Crippen molar-refractivity contribution in [1.82, 2.24) is 0 Å². The van der Waals surface area contributed by atoms with Crippen LogP contribution in [0.4, 0.5) is 0 Å². The maximum Gasteiger partial charge on any atom is 0.123 e. The Morgan fingerprint density at radius 1 is 0.696 bits per heavy atom. The molecule has 0 heterocycles. The van der Waals surface area contributed by atoms with Crippen LogP contribution in [-0.2, 0) is 4.74 Å². The standard InChI is InChI=1S/C19H24O4/c1-3-21-18-8-5-9-19(15-18)23-13-11-20-10-12-22-17-7-4-6-16(2)14-17/h4-9,14-15H,3,10-13H2,1-2H3. The Balaban J connectivity index is 1.56. The molecule has 0 spiro atoms. The van der Waals surface area contributed by atoms with Gasteiger partial charge in [-0.25, -0.2) is 0 Å². The van der Waals surface area contributed by atoms with E-state index in [1.54, 1.807) is 0 Å². The zero-order chi connectivity index (χ0) is 16.3. The van der Waals surface area contributed by atoms with Gasteiger partial charge in [-0.1, -0.05) is 18.2 Å². The third-order valence-corrected chi connectivity index (χ3v) is 3.10. The van der Waals surface area contributed by atoms with Crippen molar-refractivity contribution in [3.8, 4) is 17.2 Å². The SMILES string of the molecule is CCOc1cccc(OCCOCCOc2cccc(C)c2)c1. The fourth-order valence-electron chi connectivity index (χ4n) is 2.06. The predicted octanol–water partition coefficient (Wildman–Crippen LogP) is 3.87. The molecule has 124 valence electrons. The fourth-order valence-corrected chi connectivity index (χ4v) is 2.06. The van der Waals surface area contributed by atoms with E-state index in [0.717, 1.165) is 17.2 Å². The maximum absolute atomic E-state index is 5.63. The molecule has 0 aliphatic carbocycles. The average Bonchev–Trinajstić information content (AvgIpc) is 2.55. The van der Waals surface area contributed by atoms with Gasteiger partial charge in [0.15, 0.2) is 0 Å². The lowest BCUT2D eigenvalue weighted by molar-refractivity contribution is 0.0763. The van der Waals surface area contributed by atoms with E-state index < -0.39 is 0 Å².